The van der Waals surface area contributed by atoms with E-state index in [2.05, 4.69) is 14.8 Å². The number of benzene rings is 1. The van der Waals surface area contributed by atoms with E-state index in [-0.39, 0.29) is 25.1 Å². The Kier molecular flexibility index (Phi) is 7.81. The maximum absolute atomic E-state index is 13.5. The largest absolute Gasteiger partial charge is 0.462 e. The lowest BCUT2D eigenvalue weighted by Crippen LogP contribution is -2.67. The van der Waals surface area contributed by atoms with Gasteiger partial charge in [0.15, 0.2) is 0 Å². The van der Waals surface area contributed by atoms with Crippen molar-refractivity contribution in [3.63, 3.8) is 0 Å². The number of esters is 1. The van der Waals surface area contributed by atoms with Gasteiger partial charge < -0.3 is 14.8 Å². The minimum absolute atomic E-state index is 0.0488. The van der Waals surface area contributed by atoms with Crippen molar-refractivity contribution in [3.8, 4) is 0 Å². The fraction of sp³-hybridized carbons (Fsp3) is 0.500. The van der Waals surface area contributed by atoms with Crippen molar-refractivity contribution in [1.82, 2.24) is 10.6 Å². The molecule has 0 spiro atoms. The summed E-state index contributed by atoms with van der Waals surface area (Å²) in [5.41, 5.74) is -3.34. The number of amides is 2. The Bertz CT molecular complexity index is 625. The number of carbonyl (C=O) groups is 2. The Morgan fingerprint density at radius 2 is 1.77 bits per heavy atom. The molecule has 10 heteroatoms. The fourth-order valence-corrected chi connectivity index (χ4v) is 2.08. The summed E-state index contributed by atoms with van der Waals surface area (Å²) in [5.74, 6) is -2.28. The normalized spacial score (nSPS) is 13.6. The Hall–Kier alpha value is -2.36. The molecular formula is C16H20F4N2O4. The van der Waals surface area contributed by atoms with E-state index in [4.69, 9.17) is 0 Å². The Morgan fingerprint density at radius 1 is 1.12 bits per heavy atom. The lowest BCUT2D eigenvalue weighted by atomic mass is 10.1. The van der Waals surface area contributed by atoms with E-state index in [1.807, 2.05) is 0 Å². The zero-order chi connectivity index (χ0) is 19.8. The van der Waals surface area contributed by atoms with Gasteiger partial charge in [0.1, 0.15) is 5.82 Å². The van der Waals surface area contributed by atoms with Gasteiger partial charge in [-0.2, -0.15) is 13.2 Å². The summed E-state index contributed by atoms with van der Waals surface area (Å²) in [6.07, 6.45) is -5.20. The average molecular weight is 380 g/mol. The summed E-state index contributed by atoms with van der Waals surface area (Å²) in [4.78, 5) is 23.7. The van der Waals surface area contributed by atoms with Crippen LogP contribution >= 0.6 is 0 Å². The van der Waals surface area contributed by atoms with Crippen molar-refractivity contribution in [2.24, 2.45) is 0 Å². The number of hydrogen-bond donors (Lipinski definition) is 2. The predicted octanol–water partition coefficient (Wildman–Crippen LogP) is 2.53. The minimum atomic E-state index is -5.25. The van der Waals surface area contributed by atoms with Gasteiger partial charge in [-0.1, -0.05) is 18.2 Å². The highest BCUT2D eigenvalue weighted by Crippen LogP contribution is 2.33. The van der Waals surface area contributed by atoms with Crippen molar-refractivity contribution < 1.29 is 36.6 Å². The molecule has 26 heavy (non-hydrogen) atoms. The van der Waals surface area contributed by atoms with Gasteiger partial charge in [-0.25, -0.2) is 14.0 Å². The van der Waals surface area contributed by atoms with Crippen LogP contribution < -0.4 is 10.6 Å². The summed E-state index contributed by atoms with van der Waals surface area (Å²) in [6, 6.07) is 4.47. The van der Waals surface area contributed by atoms with Gasteiger partial charge in [-0.3, -0.25) is 5.32 Å². The molecule has 0 radical (unpaired) electrons. The SMILES string of the molecule is CCOC(=O)[C@@](NC(=O)NCCc1ccccc1F)(OCC)C(F)(F)F. The lowest BCUT2D eigenvalue weighted by molar-refractivity contribution is -0.283. The molecule has 0 heterocycles. The second-order valence-corrected chi connectivity index (χ2v) is 5.05. The third-order valence-corrected chi connectivity index (χ3v) is 3.25. The van der Waals surface area contributed by atoms with E-state index in [9.17, 15) is 27.2 Å². The van der Waals surface area contributed by atoms with Crippen LogP contribution in [0.4, 0.5) is 22.4 Å². The molecule has 0 saturated carbocycles. The molecule has 0 unspecified atom stereocenters. The minimum Gasteiger partial charge on any atom is -0.462 e. The molecule has 0 aliphatic heterocycles. The molecule has 1 aromatic rings. The molecule has 0 aliphatic rings. The molecule has 1 aromatic carbocycles. The highest BCUT2D eigenvalue weighted by Gasteiger charge is 2.64. The molecule has 0 saturated heterocycles. The van der Waals surface area contributed by atoms with Crippen LogP contribution in [0.5, 0.6) is 0 Å². The van der Waals surface area contributed by atoms with E-state index in [0.717, 1.165) is 0 Å². The van der Waals surface area contributed by atoms with Gasteiger partial charge >= 0.3 is 23.9 Å². The Morgan fingerprint density at radius 3 is 2.31 bits per heavy atom. The van der Waals surface area contributed by atoms with Gasteiger partial charge in [-0.05, 0) is 31.9 Å². The second-order valence-electron chi connectivity index (χ2n) is 5.05. The maximum Gasteiger partial charge on any atom is 0.448 e. The van der Waals surface area contributed by atoms with Gasteiger partial charge in [0, 0.05) is 13.2 Å². The van der Waals surface area contributed by atoms with Gasteiger partial charge in [0.05, 0.1) is 6.61 Å². The quantitative estimate of drug-likeness (QED) is 0.413. The summed E-state index contributed by atoms with van der Waals surface area (Å²) in [7, 11) is 0. The van der Waals surface area contributed by atoms with Gasteiger partial charge in [0.25, 0.3) is 0 Å². The highest BCUT2D eigenvalue weighted by atomic mass is 19.4. The van der Waals surface area contributed by atoms with Crippen LogP contribution in [0.1, 0.15) is 19.4 Å². The van der Waals surface area contributed by atoms with Gasteiger partial charge in [-0.15, -0.1) is 0 Å². The van der Waals surface area contributed by atoms with E-state index in [1.165, 1.54) is 37.4 Å². The van der Waals surface area contributed by atoms with Crippen molar-refractivity contribution in [3.05, 3.63) is 35.6 Å². The first-order chi connectivity index (χ1) is 12.2. The number of carbonyl (C=O) groups excluding carboxylic acids is 2. The molecule has 0 aliphatic carbocycles. The molecule has 0 bridgehead atoms. The zero-order valence-electron chi connectivity index (χ0n) is 14.3. The summed E-state index contributed by atoms with van der Waals surface area (Å²) in [6.45, 7) is 1.56. The van der Waals surface area contributed by atoms with Crippen LogP contribution in [-0.2, 0) is 20.7 Å². The lowest BCUT2D eigenvalue weighted by Gasteiger charge is -2.33. The first-order valence-electron chi connectivity index (χ1n) is 7.85. The molecular weight excluding hydrogens is 360 g/mol. The van der Waals surface area contributed by atoms with Crippen LogP contribution in [0.2, 0.25) is 0 Å². The van der Waals surface area contributed by atoms with Gasteiger partial charge in [0.2, 0.25) is 0 Å². The van der Waals surface area contributed by atoms with Crippen LogP contribution in [0.15, 0.2) is 24.3 Å². The van der Waals surface area contributed by atoms with E-state index in [1.54, 1.807) is 6.07 Å². The number of ether oxygens (including phenoxy) is 2. The molecule has 146 valence electrons. The summed E-state index contributed by atoms with van der Waals surface area (Å²) < 4.78 is 62.7. The zero-order valence-corrected chi connectivity index (χ0v) is 14.3. The number of halogens is 4. The molecule has 1 rings (SSSR count). The van der Waals surface area contributed by atoms with Crippen LogP contribution in [-0.4, -0.2) is 43.7 Å². The van der Waals surface area contributed by atoms with Crippen LogP contribution in [0.3, 0.4) is 0 Å². The first kappa shape index (κ1) is 21.7. The predicted molar refractivity (Wildman–Crippen MR) is 83.7 cm³/mol. The van der Waals surface area contributed by atoms with Crippen LogP contribution in [0, 0.1) is 5.82 Å². The number of nitrogens with one attached hydrogen (secondary N) is 2. The number of hydrogen-bond acceptors (Lipinski definition) is 4. The third-order valence-electron chi connectivity index (χ3n) is 3.25. The monoisotopic (exact) mass is 380 g/mol. The van der Waals surface area contributed by atoms with Crippen LogP contribution in [0.25, 0.3) is 0 Å². The van der Waals surface area contributed by atoms with Crippen molar-refractivity contribution in [1.29, 1.82) is 0 Å². The maximum atomic E-state index is 13.5. The Balaban J connectivity index is 2.81. The van der Waals surface area contributed by atoms with Crippen molar-refractivity contribution in [2.75, 3.05) is 19.8 Å². The Labute approximate surface area is 147 Å². The number of urea groups is 1. The first-order valence-corrected chi connectivity index (χ1v) is 7.85. The molecule has 0 fully saturated rings. The standard InChI is InChI=1S/C16H20F4N2O4/c1-3-25-13(23)15(26-4-2,16(18,19)20)22-14(24)21-10-9-11-7-5-6-8-12(11)17/h5-8H,3-4,9-10H2,1-2H3,(H2,21,22,24)/t15-/m1/s1. The molecule has 6 nitrogen and oxygen atoms in total. The third kappa shape index (κ3) is 5.32. The summed E-state index contributed by atoms with van der Waals surface area (Å²) >= 11 is 0. The molecule has 2 amide bonds. The van der Waals surface area contributed by atoms with E-state index < -0.39 is 36.3 Å². The smallest absolute Gasteiger partial charge is 0.448 e. The highest BCUT2D eigenvalue weighted by molar-refractivity contribution is 5.87. The molecule has 1 atom stereocenters. The average Bonchev–Trinajstić information content (AvgIpc) is 2.55. The van der Waals surface area contributed by atoms with Crippen molar-refractivity contribution >= 4 is 12.0 Å². The summed E-state index contributed by atoms with van der Waals surface area (Å²) in [5, 5.41) is 3.63. The van der Waals surface area contributed by atoms with E-state index in [0.29, 0.717) is 0 Å². The topological polar surface area (TPSA) is 76.7 Å². The second kappa shape index (κ2) is 9.37. The molecule has 2 N–H and O–H groups in total. The molecule has 0 aromatic heterocycles. The number of alkyl halides is 3. The fourth-order valence-electron chi connectivity index (χ4n) is 2.08. The number of rotatable bonds is 8. The van der Waals surface area contributed by atoms with E-state index >= 15 is 0 Å². The van der Waals surface area contributed by atoms with Crippen molar-refractivity contribution in [2.45, 2.75) is 32.2 Å².